The van der Waals surface area contributed by atoms with Crippen LogP contribution in [-0.4, -0.2) is 35.4 Å². The lowest BCUT2D eigenvalue weighted by Crippen LogP contribution is -2.15. The molecule has 0 unspecified atom stereocenters. The second-order valence-electron chi connectivity index (χ2n) is 6.10. The van der Waals surface area contributed by atoms with E-state index in [-0.39, 0.29) is 5.91 Å². The van der Waals surface area contributed by atoms with Crippen LogP contribution in [0.1, 0.15) is 17.9 Å². The summed E-state index contributed by atoms with van der Waals surface area (Å²) in [4.78, 5) is 16.9. The van der Waals surface area contributed by atoms with Gasteiger partial charge in [0.25, 0.3) is 0 Å². The number of hydrogen-bond acceptors (Lipinski definition) is 4. The van der Waals surface area contributed by atoms with Gasteiger partial charge >= 0.3 is 0 Å². The molecule has 2 N–H and O–H groups in total. The molecule has 0 spiro atoms. The monoisotopic (exact) mass is 337 g/mol. The van der Waals surface area contributed by atoms with Crippen LogP contribution in [0.4, 0.5) is 5.82 Å². The van der Waals surface area contributed by atoms with Crippen LogP contribution in [-0.2, 0) is 18.4 Å². The van der Waals surface area contributed by atoms with Crippen LogP contribution in [0, 0.1) is 13.8 Å². The Balaban J connectivity index is 1.51. The second-order valence-corrected chi connectivity index (χ2v) is 6.10. The number of fused-ring (bicyclic) bond motifs is 2. The van der Waals surface area contributed by atoms with Crippen LogP contribution < -0.4 is 5.32 Å². The van der Waals surface area contributed by atoms with E-state index in [0.29, 0.717) is 18.8 Å². The highest BCUT2D eigenvalue weighted by Crippen LogP contribution is 2.23. The van der Waals surface area contributed by atoms with Gasteiger partial charge in [-0.15, -0.1) is 0 Å². The number of rotatable bonds is 4. The van der Waals surface area contributed by atoms with Crippen LogP contribution in [0.15, 0.2) is 24.3 Å². The molecule has 0 bridgehead atoms. The van der Waals surface area contributed by atoms with E-state index >= 15 is 0 Å². The SMILES string of the molecule is Cc1nn(C)c2n[nH]c(NC(=O)CCn3c(C)nc4ccccc43)c12. The third-order valence-electron chi connectivity index (χ3n) is 4.39. The molecular weight excluding hydrogens is 318 g/mol. The molecule has 1 amide bonds. The van der Waals surface area contributed by atoms with Gasteiger partial charge in [0.05, 0.1) is 22.1 Å². The summed E-state index contributed by atoms with van der Waals surface area (Å²) in [6.45, 7) is 4.42. The Labute approximate surface area is 143 Å². The summed E-state index contributed by atoms with van der Waals surface area (Å²) in [7, 11) is 1.83. The van der Waals surface area contributed by atoms with E-state index in [1.54, 1.807) is 4.68 Å². The summed E-state index contributed by atoms with van der Waals surface area (Å²) in [5, 5.41) is 15.2. The van der Waals surface area contributed by atoms with E-state index in [0.717, 1.165) is 33.6 Å². The first-order valence-corrected chi connectivity index (χ1v) is 8.14. The number of aromatic nitrogens is 6. The maximum Gasteiger partial charge on any atom is 0.227 e. The zero-order valence-corrected chi connectivity index (χ0v) is 14.4. The number of imidazole rings is 1. The number of nitrogens with one attached hydrogen (secondary N) is 2. The van der Waals surface area contributed by atoms with Gasteiger partial charge in [-0.1, -0.05) is 12.1 Å². The van der Waals surface area contributed by atoms with Crippen molar-refractivity contribution in [2.45, 2.75) is 26.8 Å². The van der Waals surface area contributed by atoms with Gasteiger partial charge in [-0.2, -0.15) is 10.2 Å². The fourth-order valence-corrected chi connectivity index (χ4v) is 3.22. The number of hydrogen-bond donors (Lipinski definition) is 2. The first kappa shape index (κ1) is 15.4. The lowest BCUT2D eigenvalue weighted by molar-refractivity contribution is -0.116. The average molecular weight is 337 g/mol. The number of para-hydroxylation sites is 2. The van der Waals surface area contributed by atoms with Crippen molar-refractivity contribution >= 4 is 33.8 Å². The van der Waals surface area contributed by atoms with E-state index in [1.165, 1.54) is 0 Å². The van der Waals surface area contributed by atoms with Crippen molar-refractivity contribution in [3.8, 4) is 0 Å². The first-order valence-electron chi connectivity index (χ1n) is 8.14. The Bertz CT molecular complexity index is 1090. The minimum absolute atomic E-state index is 0.0778. The molecule has 25 heavy (non-hydrogen) atoms. The summed E-state index contributed by atoms with van der Waals surface area (Å²) in [6.07, 6.45) is 0.348. The predicted octanol–water partition coefficient (Wildman–Crippen LogP) is 2.29. The lowest BCUT2D eigenvalue weighted by Gasteiger charge is -2.07. The normalized spacial score (nSPS) is 11.5. The van der Waals surface area contributed by atoms with E-state index in [4.69, 9.17) is 0 Å². The summed E-state index contributed by atoms with van der Waals surface area (Å²) >= 11 is 0. The van der Waals surface area contributed by atoms with Gasteiger partial charge in [-0.3, -0.25) is 9.89 Å². The summed E-state index contributed by atoms with van der Waals surface area (Å²) in [5.74, 6) is 1.42. The Hall–Kier alpha value is -3.16. The minimum atomic E-state index is -0.0778. The third kappa shape index (κ3) is 2.55. The largest absolute Gasteiger partial charge is 0.328 e. The maximum absolute atomic E-state index is 12.4. The second kappa shape index (κ2) is 5.73. The van der Waals surface area contributed by atoms with Crippen molar-refractivity contribution in [3.63, 3.8) is 0 Å². The third-order valence-corrected chi connectivity index (χ3v) is 4.39. The van der Waals surface area contributed by atoms with Gasteiger partial charge in [0.1, 0.15) is 11.6 Å². The molecule has 8 nitrogen and oxygen atoms in total. The molecule has 128 valence electrons. The average Bonchev–Trinajstić information content (AvgIpc) is 3.21. The number of carbonyl (C=O) groups is 1. The predicted molar refractivity (Wildman–Crippen MR) is 95.3 cm³/mol. The number of aryl methyl sites for hydroxylation is 4. The summed E-state index contributed by atoms with van der Waals surface area (Å²) < 4.78 is 3.75. The molecule has 0 saturated carbocycles. The van der Waals surface area contributed by atoms with Gasteiger partial charge < -0.3 is 9.88 Å². The molecule has 4 aromatic rings. The molecule has 0 aliphatic carbocycles. The Morgan fingerprint density at radius 1 is 1.28 bits per heavy atom. The fourth-order valence-electron chi connectivity index (χ4n) is 3.22. The van der Waals surface area contributed by atoms with Crippen molar-refractivity contribution < 1.29 is 4.79 Å². The van der Waals surface area contributed by atoms with Gasteiger partial charge in [0, 0.05) is 20.0 Å². The quantitative estimate of drug-likeness (QED) is 0.597. The molecule has 8 heteroatoms. The molecule has 0 aliphatic rings. The van der Waals surface area contributed by atoms with Crippen LogP contribution >= 0.6 is 0 Å². The molecular formula is C17H19N7O. The Kier molecular flexibility index (Phi) is 3.52. The lowest BCUT2D eigenvalue weighted by atomic mass is 10.3. The van der Waals surface area contributed by atoms with Gasteiger partial charge in [0.2, 0.25) is 5.91 Å². The molecule has 3 aromatic heterocycles. The van der Waals surface area contributed by atoms with Crippen molar-refractivity contribution in [1.29, 1.82) is 0 Å². The minimum Gasteiger partial charge on any atom is -0.328 e. The van der Waals surface area contributed by atoms with Gasteiger partial charge in [-0.05, 0) is 26.0 Å². The Morgan fingerprint density at radius 3 is 2.92 bits per heavy atom. The highest BCUT2D eigenvalue weighted by atomic mass is 16.1. The first-order chi connectivity index (χ1) is 12.0. The summed E-state index contributed by atoms with van der Waals surface area (Å²) in [6, 6.07) is 7.94. The summed E-state index contributed by atoms with van der Waals surface area (Å²) in [5.41, 5.74) is 3.55. The van der Waals surface area contributed by atoms with E-state index < -0.39 is 0 Å². The number of aromatic amines is 1. The zero-order valence-electron chi connectivity index (χ0n) is 14.4. The molecule has 0 atom stereocenters. The molecule has 0 saturated heterocycles. The highest BCUT2D eigenvalue weighted by Gasteiger charge is 2.16. The molecule has 0 radical (unpaired) electrons. The smallest absolute Gasteiger partial charge is 0.227 e. The van der Waals surface area contributed by atoms with E-state index in [9.17, 15) is 4.79 Å². The number of anilines is 1. The Morgan fingerprint density at radius 2 is 2.08 bits per heavy atom. The van der Waals surface area contributed by atoms with E-state index in [2.05, 4.69) is 30.2 Å². The molecule has 4 rings (SSSR count). The number of nitrogens with zero attached hydrogens (tertiary/aromatic N) is 5. The van der Waals surface area contributed by atoms with Gasteiger partial charge in [0.15, 0.2) is 5.65 Å². The van der Waals surface area contributed by atoms with Crippen LogP contribution in [0.5, 0.6) is 0 Å². The topological polar surface area (TPSA) is 93.4 Å². The van der Waals surface area contributed by atoms with Crippen molar-refractivity contribution in [3.05, 3.63) is 35.8 Å². The molecule has 0 fully saturated rings. The van der Waals surface area contributed by atoms with Crippen molar-refractivity contribution in [2.75, 3.05) is 5.32 Å². The van der Waals surface area contributed by atoms with Crippen molar-refractivity contribution in [2.24, 2.45) is 7.05 Å². The van der Waals surface area contributed by atoms with Crippen LogP contribution in [0.25, 0.3) is 22.1 Å². The highest BCUT2D eigenvalue weighted by molar-refractivity contribution is 5.99. The molecule has 1 aromatic carbocycles. The standard InChI is InChI=1S/C17H19N7O/c1-10-15-16(20-21-17(15)23(3)22-10)19-14(25)8-9-24-11(2)18-12-6-4-5-7-13(12)24/h4-7H,8-9H2,1-3H3,(H2,19,20,21,25). The van der Waals surface area contributed by atoms with Crippen LogP contribution in [0.3, 0.4) is 0 Å². The number of amides is 1. The van der Waals surface area contributed by atoms with Crippen molar-refractivity contribution in [1.82, 2.24) is 29.5 Å². The number of benzene rings is 1. The zero-order chi connectivity index (χ0) is 17.6. The number of carbonyl (C=O) groups excluding carboxylic acids is 1. The van der Waals surface area contributed by atoms with Crippen LogP contribution in [0.2, 0.25) is 0 Å². The maximum atomic E-state index is 12.4. The molecule has 3 heterocycles. The fraction of sp³-hybridized carbons (Fsp3) is 0.294. The van der Waals surface area contributed by atoms with Gasteiger partial charge in [-0.25, -0.2) is 9.67 Å². The van der Waals surface area contributed by atoms with E-state index in [1.807, 2.05) is 45.2 Å². The molecule has 0 aliphatic heterocycles. The number of H-pyrrole nitrogens is 1.